The van der Waals surface area contributed by atoms with Crippen molar-refractivity contribution < 1.29 is 0 Å². The molecule has 0 aromatic rings. The molecule has 2 heteroatoms. The van der Waals surface area contributed by atoms with Crippen molar-refractivity contribution in [2.75, 3.05) is 13.1 Å². The fourth-order valence-corrected chi connectivity index (χ4v) is 3.52. The molecule has 17 heavy (non-hydrogen) atoms. The molecule has 2 unspecified atom stereocenters. The minimum absolute atomic E-state index is 0.797. The highest BCUT2D eigenvalue weighted by Gasteiger charge is 2.24. The molecule has 2 fully saturated rings. The summed E-state index contributed by atoms with van der Waals surface area (Å²) in [5, 5.41) is 7.37. The topological polar surface area (TPSA) is 24.1 Å². The Hall–Kier alpha value is -0.0800. The molecule has 0 spiro atoms. The average Bonchev–Trinajstić information content (AvgIpc) is 2.38. The SMILES string of the molecule is CCCCC1CCCC(NC2CCNCC2)C1. The van der Waals surface area contributed by atoms with Gasteiger partial charge in [0.2, 0.25) is 0 Å². The Balaban J connectivity index is 1.68. The van der Waals surface area contributed by atoms with Gasteiger partial charge in [-0.05, 0) is 44.7 Å². The summed E-state index contributed by atoms with van der Waals surface area (Å²) < 4.78 is 0. The summed E-state index contributed by atoms with van der Waals surface area (Å²) in [7, 11) is 0. The van der Waals surface area contributed by atoms with Crippen LogP contribution >= 0.6 is 0 Å². The molecule has 2 aliphatic rings. The largest absolute Gasteiger partial charge is 0.317 e. The van der Waals surface area contributed by atoms with Crippen molar-refractivity contribution in [2.24, 2.45) is 5.92 Å². The van der Waals surface area contributed by atoms with E-state index < -0.39 is 0 Å². The highest BCUT2D eigenvalue weighted by atomic mass is 15.0. The van der Waals surface area contributed by atoms with Crippen molar-refractivity contribution in [3.63, 3.8) is 0 Å². The smallest absolute Gasteiger partial charge is 0.00938 e. The van der Waals surface area contributed by atoms with E-state index in [2.05, 4.69) is 17.6 Å². The molecule has 1 aliphatic heterocycles. The fourth-order valence-electron chi connectivity index (χ4n) is 3.52. The van der Waals surface area contributed by atoms with Crippen molar-refractivity contribution in [3.05, 3.63) is 0 Å². The van der Waals surface area contributed by atoms with Gasteiger partial charge in [0, 0.05) is 12.1 Å². The predicted molar refractivity (Wildman–Crippen MR) is 74.3 cm³/mol. The molecule has 2 rings (SSSR count). The summed E-state index contributed by atoms with van der Waals surface area (Å²) >= 11 is 0. The highest BCUT2D eigenvalue weighted by Crippen LogP contribution is 2.28. The molecular weight excluding hydrogens is 208 g/mol. The fraction of sp³-hybridized carbons (Fsp3) is 1.00. The molecule has 0 bridgehead atoms. The zero-order valence-corrected chi connectivity index (χ0v) is 11.5. The maximum atomic E-state index is 3.92. The van der Waals surface area contributed by atoms with Gasteiger partial charge in [0.05, 0.1) is 0 Å². The standard InChI is InChI=1S/C15H30N2/c1-2-3-5-13-6-4-7-15(12-13)17-14-8-10-16-11-9-14/h13-17H,2-12H2,1H3. The van der Waals surface area contributed by atoms with E-state index in [1.54, 1.807) is 0 Å². The van der Waals surface area contributed by atoms with Gasteiger partial charge in [0.1, 0.15) is 0 Å². The summed E-state index contributed by atoms with van der Waals surface area (Å²) in [6, 6.07) is 1.62. The molecule has 0 radical (unpaired) electrons. The minimum atomic E-state index is 0.797. The molecule has 0 aromatic carbocycles. The van der Waals surface area contributed by atoms with Gasteiger partial charge in [0.25, 0.3) is 0 Å². The van der Waals surface area contributed by atoms with Gasteiger partial charge in [-0.2, -0.15) is 0 Å². The molecule has 1 aliphatic carbocycles. The van der Waals surface area contributed by atoms with Crippen LogP contribution in [-0.4, -0.2) is 25.2 Å². The van der Waals surface area contributed by atoms with E-state index in [0.717, 1.165) is 18.0 Å². The molecular formula is C15H30N2. The Kier molecular flexibility index (Phi) is 5.79. The Labute approximate surface area is 107 Å². The first-order valence-corrected chi connectivity index (χ1v) is 7.85. The molecule has 2 atom stereocenters. The van der Waals surface area contributed by atoms with Crippen LogP contribution in [0.3, 0.4) is 0 Å². The lowest BCUT2D eigenvalue weighted by molar-refractivity contribution is 0.238. The molecule has 100 valence electrons. The van der Waals surface area contributed by atoms with E-state index in [4.69, 9.17) is 0 Å². The third kappa shape index (κ3) is 4.59. The minimum Gasteiger partial charge on any atom is -0.317 e. The van der Waals surface area contributed by atoms with Gasteiger partial charge in [-0.1, -0.05) is 39.0 Å². The van der Waals surface area contributed by atoms with Gasteiger partial charge in [-0.25, -0.2) is 0 Å². The zero-order chi connectivity index (χ0) is 11.9. The number of piperidine rings is 1. The van der Waals surface area contributed by atoms with E-state index in [9.17, 15) is 0 Å². The number of hydrogen-bond donors (Lipinski definition) is 2. The molecule has 1 saturated carbocycles. The summed E-state index contributed by atoms with van der Waals surface area (Å²) in [4.78, 5) is 0. The van der Waals surface area contributed by atoms with Crippen molar-refractivity contribution in [2.45, 2.75) is 76.8 Å². The summed E-state index contributed by atoms with van der Waals surface area (Å²) in [6.45, 7) is 4.74. The second kappa shape index (κ2) is 7.38. The molecule has 1 heterocycles. The first-order valence-electron chi connectivity index (χ1n) is 7.85. The first-order chi connectivity index (χ1) is 8.38. The monoisotopic (exact) mass is 238 g/mol. The second-order valence-electron chi connectivity index (χ2n) is 6.06. The van der Waals surface area contributed by atoms with Crippen molar-refractivity contribution in [1.29, 1.82) is 0 Å². The van der Waals surface area contributed by atoms with Crippen LogP contribution in [0.25, 0.3) is 0 Å². The number of nitrogens with one attached hydrogen (secondary N) is 2. The molecule has 2 nitrogen and oxygen atoms in total. The maximum Gasteiger partial charge on any atom is 0.00938 e. The zero-order valence-electron chi connectivity index (χ0n) is 11.5. The van der Waals surface area contributed by atoms with E-state index in [0.29, 0.717) is 0 Å². The lowest BCUT2D eigenvalue weighted by atomic mass is 9.82. The molecule has 1 saturated heterocycles. The van der Waals surface area contributed by atoms with E-state index in [-0.39, 0.29) is 0 Å². The Morgan fingerprint density at radius 2 is 1.88 bits per heavy atom. The van der Waals surface area contributed by atoms with Crippen LogP contribution in [0.1, 0.15) is 64.7 Å². The number of hydrogen-bond acceptors (Lipinski definition) is 2. The number of unbranched alkanes of at least 4 members (excludes halogenated alkanes) is 1. The lowest BCUT2D eigenvalue weighted by Gasteiger charge is -2.34. The van der Waals surface area contributed by atoms with Gasteiger partial charge in [-0.15, -0.1) is 0 Å². The summed E-state index contributed by atoms with van der Waals surface area (Å²) in [5.74, 6) is 1.02. The Morgan fingerprint density at radius 1 is 1.06 bits per heavy atom. The second-order valence-corrected chi connectivity index (χ2v) is 6.06. The predicted octanol–water partition coefficient (Wildman–Crippen LogP) is 3.08. The van der Waals surface area contributed by atoms with Crippen LogP contribution in [0.2, 0.25) is 0 Å². The van der Waals surface area contributed by atoms with Crippen molar-refractivity contribution in [1.82, 2.24) is 10.6 Å². The average molecular weight is 238 g/mol. The van der Waals surface area contributed by atoms with E-state index in [1.807, 2.05) is 0 Å². The lowest BCUT2D eigenvalue weighted by Crippen LogP contribution is -2.46. The number of rotatable bonds is 5. The van der Waals surface area contributed by atoms with Crippen LogP contribution in [0.5, 0.6) is 0 Å². The van der Waals surface area contributed by atoms with Crippen molar-refractivity contribution >= 4 is 0 Å². The van der Waals surface area contributed by atoms with Gasteiger partial charge >= 0.3 is 0 Å². The van der Waals surface area contributed by atoms with Crippen LogP contribution in [0.4, 0.5) is 0 Å². The highest BCUT2D eigenvalue weighted by molar-refractivity contribution is 4.83. The maximum absolute atomic E-state index is 3.92. The van der Waals surface area contributed by atoms with E-state index in [1.165, 1.54) is 70.9 Å². The third-order valence-electron chi connectivity index (χ3n) is 4.56. The Morgan fingerprint density at radius 3 is 2.65 bits per heavy atom. The van der Waals surface area contributed by atoms with Crippen LogP contribution in [0, 0.1) is 5.92 Å². The normalized spacial score (nSPS) is 31.6. The molecule has 2 N–H and O–H groups in total. The van der Waals surface area contributed by atoms with Crippen molar-refractivity contribution in [3.8, 4) is 0 Å². The summed E-state index contributed by atoms with van der Waals surface area (Å²) in [5.41, 5.74) is 0. The summed E-state index contributed by atoms with van der Waals surface area (Å²) in [6.07, 6.45) is 12.7. The van der Waals surface area contributed by atoms with E-state index >= 15 is 0 Å². The van der Waals surface area contributed by atoms with Gasteiger partial charge in [0.15, 0.2) is 0 Å². The van der Waals surface area contributed by atoms with Crippen LogP contribution in [0.15, 0.2) is 0 Å². The quantitative estimate of drug-likeness (QED) is 0.769. The van der Waals surface area contributed by atoms with Gasteiger partial charge < -0.3 is 10.6 Å². The van der Waals surface area contributed by atoms with Crippen LogP contribution < -0.4 is 10.6 Å². The Bertz CT molecular complexity index is 199. The molecule has 0 aromatic heterocycles. The first kappa shape index (κ1) is 13.4. The third-order valence-corrected chi connectivity index (χ3v) is 4.56. The van der Waals surface area contributed by atoms with Crippen LogP contribution in [-0.2, 0) is 0 Å². The van der Waals surface area contributed by atoms with Gasteiger partial charge in [-0.3, -0.25) is 0 Å². The molecule has 0 amide bonds.